The Morgan fingerprint density at radius 2 is 1.65 bits per heavy atom. The van der Waals surface area contributed by atoms with Gasteiger partial charge in [-0.25, -0.2) is 0 Å². The second-order valence-electron chi connectivity index (χ2n) is 14.7. The van der Waals surface area contributed by atoms with E-state index in [-0.39, 0.29) is 39.1 Å². The number of hydrogen-bond donors (Lipinski definition) is 1. The summed E-state index contributed by atoms with van der Waals surface area (Å²) in [6.07, 6.45) is 12.3. The number of hydrogen-bond acceptors (Lipinski definition) is 3. The fraction of sp³-hybridized carbons (Fsp3) is 0.903. The summed E-state index contributed by atoms with van der Waals surface area (Å²) in [5, 5.41) is 10.9. The van der Waals surface area contributed by atoms with Gasteiger partial charge in [0.25, 0.3) is 0 Å². The van der Waals surface area contributed by atoms with Gasteiger partial charge in [0.1, 0.15) is 0 Å². The van der Waals surface area contributed by atoms with Gasteiger partial charge in [0.05, 0.1) is 18.6 Å². The minimum Gasteiger partial charge on any atom is -0.469 e. The average Bonchev–Trinajstić information content (AvgIpc) is 2.79. The molecule has 0 spiro atoms. The zero-order chi connectivity index (χ0) is 24.9. The molecule has 5 aliphatic carbocycles. The molecule has 4 fully saturated rings. The number of methoxy groups -OCH3 is 1. The highest BCUT2D eigenvalue weighted by atomic mass is 16.5. The molecule has 0 saturated heterocycles. The van der Waals surface area contributed by atoms with Crippen molar-refractivity contribution in [2.45, 2.75) is 112 Å². The molecular formula is C31H50O3. The predicted octanol–water partition coefficient (Wildman–Crippen LogP) is 7.18. The highest BCUT2D eigenvalue weighted by Crippen LogP contribution is 2.75. The Balaban J connectivity index is 1.61. The standard InChI is InChI=1S/C31H50O3/c1-19-11-16-31(26(33)34-8)18-17-29(6)21(25(31)20(19)2)9-10-23-28(5)14-13-24(32)27(3,4)22(28)12-15-30(23,29)7/h9,19-20,22-25,32H,10-18H2,1-8H3/t19-,20+,22-,23-,24+,25+,28+,29-,30-,31+/m1/s1. The zero-order valence-electron chi connectivity index (χ0n) is 23.2. The number of aliphatic hydroxyl groups is 1. The highest BCUT2D eigenvalue weighted by Gasteiger charge is 2.69. The van der Waals surface area contributed by atoms with E-state index in [9.17, 15) is 9.90 Å². The normalized spacial score (nSPS) is 54.0. The SMILES string of the molecule is COC(=O)[C@]12CC[C@@H](C)[C@H](C)[C@H]1C1=CC[C@@H]3[C@@]4(C)CC[C@H](O)C(C)(C)[C@H]4CC[C@@]3(C)[C@]1(C)CC2. The number of rotatable bonds is 1. The summed E-state index contributed by atoms with van der Waals surface area (Å²) < 4.78 is 5.51. The smallest absolute Gasteiger partial charge is 0.312 e. The van der Waals surface area contributed by atoms with Crippen molar-refractivity contribution in [1.29, 1.82) is 0 Å². The average molecular weight is 471 g/mol. The predicted molar refractivity (Wildman–Crippen MR) is 137 cm³/mol. The Morgan fingerprint density at radius 3 is 2.32 bits per heavy atom. The monoisotopic (exact) mass is 470 g/mol. The van der Waals surface area contributed by atoms with Gasteiger partial charge in [0.2, 0.25) is 0 Å². The van der Waals surface area contributed by atoms with Gasteiger partial charge < -0.3 is 9.84 Å². The lowest BCUT2D eigenvalue weighted by atomic mass is 9.33. The maximum absolute atomic E-state index is 13.4. The van der Waals surface area contributed by atoms with Crippen LogP contribution in [-0.4, -0.2) is 24.3 Å². The van der Waals surface area contributed by atoms with E-state index in [1.165, 1.54) is 12.8 Å². The maximum atomic E-state index is 13.4. The minimum absolute atomic E-state index is 0.0147. The fourth-order valence-corrected chi connectivity index (χ4v) is 11.0. The fourth-order valence-electron chi connectivity index (χ4n) is 11.0. The molecule has 0 bridgehead atoms. The third-order valence-electron chi connectivity index (χ3n) is 13.6. The zero-order valence-corrected chi connectivity index (χ0v) is 23.2. The van der Waals surface area contributed by atoms with Crippen LogP contribution in [0, 0.1) is 56.7 Å². The van der Waals surface area contributed by atoms with Crippen molar-refractivity contribution >= 4 is 5.97 Å². The third kappa shape index (κ3) is 2.83. The van der Waals surface area contributed by atoms with Crippen LogP contribution in [0.4, 0.5) is 0 Å². The third-order valence-corrected chi connectivity index (χ3v) is 13.6. The molecule has 0 heterocycles. The van der Waals surface area contributed by atoms with Crippen LogP contribution in [0.2, 0.25) is 0 Å². The van der Waals surface area contributed by atoms with Crippen molar-refractivity contribution in [2.24, 2.45) is 56.7 Å². The van der Waals surface area contributed by atoms with Crippen molar-refractivity contribution in [2.75, 3.05) is 7.11 Å². The van der Waals surface area contributed by atoms with Crippen LogP contribution in [0.25, 0.3) is 0 Å². The van der Waals surface area contributed by atoms with E-state index in [1.807, 2.05) is 0 Å². The lowest BCUT2D eigenvalue weighted by molar-refractivity contribution is -0.207. The number of allylic oxidation sites excluding steroid dienone is 2. The van der Waals surface area contributed by atoms with Gasteiger partial charge in [-0.1, -0.05) is 60.1 Å². The van der Waals surface area contributed by atoms with Gasteiger partial charge in [-0.3, -0.25) is 4.79 Å². The summed E-state index contributed by atoms with van der Waals surface area (Å²) in [6, 6.07) is 0. The molecule has 0 aromatic carbocycles. The number of esters is 1. The molecule has 34 heavy (non-hydrogen) atoms. The van der Waals surface area contributed by atoms with Crippen LogP contribution in [-0.2, 0) is 9.53 Å². The van der Waals surface area contributed by atoms with E-state index in [1.54, 1.807) is 12.7 Å². The Bertz CT molecular complexity index is 889. The van der Waals surface area contributed by atoms with E-state index in [0.29, 0.717) is 29.6 Å². The van der Waals surface area contributed by atoms with Crippen LogP contribution >= 0.6 is 0 Å². The van der Waals surface area contributed by atoms with E-state index < -0.39 is 0 Å². The summed E-state index contributed by atoms with van der Waals surface area (Å²) in [5.74, 6) is 2.73. The number of fused-ring (bicyclic) bond motifs is 7. The van der Waals surface area contributed by atoms with E-state index >= 15 is 0 Å². The first-order valence-corrected chi connectivity index (χ1v) is 14.3. The van der Waals surface area contributed by atoms with E-state index in [4.69, 9.17) is 4.74 Å². The topological polar surface area (TPSA) is 46.5 Å². The Kier molecular flexibility index (Phi) is 5.55. The van der Waals surface area contributed by atoms with Crippen molar-refractivity contribution in [1.82, 2.24) is 0 Å². The van der Waals surface area contributed by atoms with Crippen LogP contribution in [0.5, 0.6) is 0 Å². The molecule has 3 heteroatoms. The summed E-state index contributed by atoms with van der Waals surface area (Å²) in [7, 11) is 1.60. The van der Waals surface area contributed by atoms with Gasteiger partial charge in [-0.2, -0.15) is 0 Å². The lowest BCUT2D eigenvalue weighted by Gasteiger charge is -2.71. The second kappa shape index (κ2) is 7.59. The Labute approximate surface area is 208 Å². The van der Waals surface area contributed by atoms with Crippen molar-refractivity contribution in [3.05, 3.63) is 11.6 Å². The number of carbonyl (C=O) groups is 1. The first-order chi connectivity index (χ1) is 15.8. The molecule has 0 amide bonds. The molecule has 3 nitrogen and oxygen atoms in total. The molecular weight excluding hydrogens is 420 g/mol. The molecule has 192 valence electrons. The number of carbonyl (C=O) groups excluding carboxylic acids is 1. The Morgan fingerprint density at radius 1 is 0.941 bits per heavy atom. The Hall–Kier alpha value is -0.830. The number of ether oxygens (including phenoxy) is 1. The molecule has 0 aromatic rings. The molecule has 0 radical (unpaired) electrons. The maximum Gasteiger partial charge on any atom is 0.312 e. The lowest BCUT2D eigenvalue weighted by Crippen LogP contribution is -2.65. The van der Waals surface area contributed by atoms with Crippen LogP contribution in [0.1, 0.15) is 106 Å². The van der Waals surface area contributed by atoms with Gasteiger partial charge >= 0.3 is 5.97 Å². The van der Waals surface area contributed by atoms with Gasteiger partial charge in [-0.05, 0) is 109 Å². The summed E-state index contributed by atoms with van der Waals surface area (Å²) in [5.41, 5.74) is 1.91. The van der Waals surface area contributed by atoms with Crippen LogP contribution in [0.15, 0.2) is 11.6 Å². The first kappa shape index (κ1) is 24.8. The summed E-state index contributed by atoms with van der Waals surface area (Å²) in [6.45, 7) is 17.2. The van der Waals surface area contributed by atoms with Crippen LogP contribution in [0.3, 0.4) is 0 Å². The summed E-state index contributed by atoms with van der Waals surface area (Å²) >= 11 is 0. The summed E-state index contributed by atoms with van der Waals surface area (Å²) in [4.78, 5) is 13.4. The van der Waals surface area contributed by atoms with Gasteiger partial charge in [0.15, 0.2) is 0 Å². The van der Waals surface area contributed by atoms with Crippen molar-refractivity contribution in [3.8, 4) is 0 Å². The molecule has 0 aliphatic heterocycles. The minimum atomic E-state index is -0.326. The van der Waals surface area contributed by atoms with Crippen LogP contribution < -0.4 is 0 Å². The molecule has 0 aromatic heterocycles. The first-order valence-electron chi connectivity index (χ1n) is 14.3. The molecule has 1 N–H and O–H groups in total. The van der Waals surface area contributed by atoms with Crippen molar-refractivity contribution in [3.63, 3.8) is 0 Å². The number of aliphatic hydroxyl groups excluding tert-OH is 1. The molecule has 5 rings (SSSR count). The van der Waals surface area contributed by atoms with Gasteiger partial charge in [-0.15, -0.1) is 0 Å². The second-order valence-corrected chi connectivity index (χ2v) is 14.7. The molecule has 0 unspecified atom stereocenters. The van der Waals surface area contributed by atoms with E-state index in [2.05, 4.69) is 54.5 Å². The quantitative estimate of drug-likeness (QED) is 0.326. The van der Waals surface area contributed by atoms with E-state index in [0.717, 1.165) is 44.9 Å². The largest absolute Gasteiger partial charge is 0.469 e. The molecule has 10 atom stereocenters. The molecule has 5 aliphatic rings. The van der Waals surface area contributed by atoms with Crippen molar-refractivity contribution < 1.29 is 14.6 Å². The highest BCUT2D eigenvalue weighted by molar-refractivity contribution is 5.78. The van der Waals surface area contributed by atoms with Gasteiger partial charge in [0, 0.05) is 0 Å². The molecule has 4 saturated carbocycles.